The van der Waals surface area contributed by atoms with Crippen LogP contribution in [0.25, 0.3) is 0 Å². The van der Waals surface area contributed by atoms with Crippen molar-refractivity contribution in [1.82, 2.24) is 0 Å². The number of hydrogen-bond donors (Lipinski definition) is 0. The Morgan fingerprint density at radius 3 is 2.53 bits per heavy atom. The third kappa shape index (κ3) is 2.39. The average Bonchev–Trinajstić information content (AvgIpc) is 2.30. The fourth-order valence-electron chi connectivity index (χ4n) is 2.54. The van der Waals surface area contributed by atoms with Gasteiger partial charge in [-0.15, -0.1) is 0 Å². The molecule has 1 aromatic rings. The molecule has 1 saturated carbocycles. The summed E-state index contributed by atoms with van der Waals surface area (Å²) in [5.74, 6) is 0.597. The van der Waals surface area contributed by atoms with Crippen LogP contribution in [0.2, 0.25) is 0 Å². The highest BCUT2D eigenvalue weighted by Gasteiger charge is 2.16. The second kappa shape index (κ2) is 4.78. The molecule has 82 valence electrons. The first-order valence-corrected chi connectivity index (χ1v) is 6.09. The van der Waals surface area contributed by atoms with Crippen LogP contribution in [0.15, 0.2) is 18.2 Å². The van der Waals surface area contributed by atoms with Gasteiger partial charge < -0.3 is 0 Å². The van der Waals surface area contributed by atoms with E-state index >= 15 is 0 Å². The standard InChI is InChI=1S/C14H19F/c1-2-11-8-9-13(10-14(11)15)12-6-4-3-5-7-12/h8-10,12H,2-7H2,1H3. The SMILES string of the molecule is CCc1ccc(C2CCCCC2)cc1F. The van der Waals surface area contributed by atoms with Gasteiger partial charge in [0.1, 0.15) is 5.82 Å². The van der Waals surface area contributed by atoms with Crippen molar-refractivity contribution in [2.75, 3.05) is 0 Å². The Morgan fingerprint density at radius 1 is 1.20 bits per heavy atom. The normalized spacial score (nSPS) is 18.0. The first-order valence-electron chi connectivity index (χ1n) is 6.09. The lowest BCUT2D eigenvalue weighted by molar-refractivity contribution is 0.441. The maximum Gasteiger partial charge on any atom is 0.126 e. The molecule has 0 nitrogen and oxygen atoms in total. The van der Waals surface area contributed by atoms with Crippen molar-refractivity contribution < 1.29 is 4.39 Å². The van der Waals surface area contributed by atoms with Gasteiger partial charge >= 0.3 is 0 Å². The Morgan fingerprint density at radius 2 is 1.93 bits per heavy atom. The predicted octanol–water partition coefficient (Wildman–Crippen LogP) is 4.44. The van der Waals surface area contributed by atoms with E-state index in [1.807, 2.05) is 13.0 Å². The quantitative estimate of drug-likeness (QED) is 0.671. The minimum Gasteiger partial charge on any atom is -0.207 e. The van der Waals surface area contributed by atoms with Crippen molar-refractivity contribution in [2.45, 2.75) is 51.4 Å². The van der Waals surface area contributed by atoms with E-state index in [0.29, 0.717) is 5.92 Å². The van der Waals surface area contributed by atoms with Crippen LogP contribution in [0.5, 0.6) is 0 Å². The molecule has 2 rings (SSSR count). The van der Waals surface area contributed by atoms with E-state index < -0.39 is 0 Å². The summed E-state index contributed by atoms with van der Waals surface area (Å²) in [6.07, 6.45) is 7.24. The lowest BCUT2D eigenvalue weighted by atomic mass is 9.84. The summed E-state index contributed by atoms with van der Waals surface area (Å²) in [4.78, 5) is 0. The molecule has 0 heterocycles. The van der Waals surface area contributed by atoms with E-state index in [2.05, 4.69) is 6.07 Å². The van der Waals surface area contributed by atoms with Gasteiger partial charge in [-0.05, 0) is 42.4 Å². The van der Waals surface area contributed by atoms with Gasteiger partial charge in [-0.1, -0.05) is 38.3 Å². The molecule has 0 amide bonds. The maximum atomic E-state index is 13.6. The Bertz CT molecular complexity index is 324. The van der Waals surface area contributed by atoms with E-state index in [-0.39, 0.29) is 5.82 Å². The summed E-state index contributed by atoms with van der Waals surface area (Å²) < 4.78 is 13.6. The van der Waals surface area contributed by atoms with E-state index in [9.17, 15) is 4.39 Å². The van der Waals surface area contributed by atoms with Crippen molar-refractivity contribution in [3.05, 3.63) is 35.1 Å². The molecule has 0 unspecified atom stereocenters. The van der Waals surface area contributed by atoms with Crippen molar-refractivity contribution in [3.8, 4) is 0 Å². The molecule has 0 saturated heterocycles. The molecular formula is C14H19F. The van der Waals surface area contributed by atoms with Crippen molar-refractivity contribution in [3.63, 3.8) is 0 Å². The highest BCUT2D eigenvalue weighted by molar-refractivity contribution is 5.27. The van der Waals surface area contributed by atoms with Gasteiger partial charge in [-0.2, -0.15) is 0 Å². The van der Waals surface area contributed by atoms with Crippen molar-refractivity contribution in [1.29, 1.82) is 0 Å². The van der Waals surface area contributed by atoms with Gasteiger partial charge in [0, 0.05) is 0 Å². The van der Waals surface area contributed by atoms with E-state index in [1.54, 1.807) is 6.07 Å². The lowest BCUT2D eigenvalue weighted by Crippen LogP contribution is -2.05. The Hall–Kier alpha value is -0.850. The molecule has 0 bridgehead atoms. The van der Waals surface area contributed by atoms with Crippen LogP contribution < -0.4 is 0 Å². The third-order valence-electron chi connectivity index (χ3n) is 3.53. The molecule has 0 spiro atoms. The monoisotopic (exact) mass is 206 g/mol. The van der Waals surface area contributed by atoms with Crippen LogP contribution in [0.4, 0.5) is 4.39 Å². The molecule has 1 aliphatic carbocycles. The summed E-state index contributed by atoms with van der Waals surface area (Å²) in [5.41, 5.74) is 2.05. The van der Waals surface area contributed by atoms with Gasteiger partial charge in [0.15, 0.2) is 0 Å². The van der Waals surface area contributed by atoms with E-state index in [1.165, 1.54) is 37.7 Å². The number of benzene rings is 1. The fourth-order valence-corrected chi connectivity index (χ4v) is 2.54. The first kappa shape index (κ1) is 10.7. The van der Waals surface area contributed by atoms with Crippen molar-refractivity contribution in [2.24, 2.45) is 0 Å². The zero-order valence-electron chi connectivity index (χ0n) is 9.43. The predicted molar refractivity (Wildman–Crippen MR) is 61.6 cm³/mol. The molecule has 1 fully saturated rings. The van der Waals surface area contributed by atoms with Gasteiger partial charge in [-0.25, -0.2) is 4.39 Å². The van der Waals surface area contributed by atoms with Gasteiger partial charge in [0.2, 0.25) is 0 Å². The molecule has 1 heteroatoms. The summed E-state index contributed by atoms with van der Waals surface area (Å²) in [7, 11) is 0. The highest BCUT2D eigenvalue weighted by Crippen LogP contribution is 2.33. The second-order valence-corrected chi connectivity index (χ2v) is 4.54. The van der Waals surface area contributed by atoms with E-state index in [4.69, 9.17) is 0 Å². The minimum atomic E-state index is -0.0134. The zero-order valence-corrected chi connectivity index (χ0v) is 9.43. The van der Waals surface area contributed by atoms with Gasteiger partial charge in [0.05, 0.1) is 0 Å². The van der Waals surface area contributed by atoms with Crippen LogP contribution in [0.1, 0.15) is 56.1 Å². The summed E-state index contributed by atoms with van der Waals surface area (Å²) >= 11 is 0. The largest absolute Gasteiger partial charge is 0.207 e. The van der Waals surface area contributed by atoms with Crippen LogP contribution in [0, 0.1) is 5.82 Å². The number of hydrogen-bond acceptors (Lipinski definition) is 0. The molecule has 0 aliphatic heterocycles. The molecule has 0 atom stereocenters. The Balaban J connectivity index is 2.17. The van der Waals surface area contributed by atoms with Gasteiger partial charge in [0.25, 0.3) is 0 Å². The summed E-state index contributed by atoms with van der Waals surface area (Å²) in [6, 6.07) is 5.84. The number of rotatable bonds is 2. The molecule has 0 radical (unpaired) electrons. The highest BCUT2D eigenvalue weighted by atomic mass is 19.1. The number of aryl methyl sites for hydroxylation is 1. The minimum absolute atomic E-state index is 0.0134. The van der Waals surface area contributed by atoms with E-state index in [0.717, 1.165) is 12.0 Å². The third-order valence-corrected chi connectivity index (χ3v) is 3.53. The first-order chi connectivity index (χ1) is 7.31. The maximum absolute atomic E-state index is 13.6. The van der Waals surface area contributed by atoms with Crippen LogP contribution >= 0.6 is 0 Å². The lowest BCUT2D eigenvalue weighted by Gasteiger charge is -2.22. The smallest absolute Gasteiger partial charge is 0.126 e. The Kier molecular flexibility index (Phi) is 3.40. The average molecular weight is 206 g/mol. The zero-order chi connectivity index (χ0) is 10.7. The van der Waals surface area contributed by atoms with Gasteiger partial charge in [-0.3, -0.25) is 0 Å². The summed E-state index contributed by atoms with van der Waals surface area (Å²) in [6.45, 7) is 2.00. The topological polar surface area (TPSA) is 0 Å². The van der Waals surface area contributed by atoms with Crippen LogP contribution in [0.3, 0.4) is 0 Å². The second-order valence-electron chi connectivity index (χ2n) is 4.54. The van der Waals surface area contributed by atoms with Crippen molar-refractivity contribution >= 4 is 0 Å². The molecule has 1 aromatic carbocycles. The molecule has 0 N–H and O–H groups in total. The summed E-state index contributed by atoms with van der Waals surface area (Å²) in [5, 5.41) is 0. The van der Waals surface area contributed by atoms with Crippen LogP contribution in [-0.2, 0) is 6.42 Å². The number of halogens is 1. The molecular weight excluding hydrogens is 187 g/mol. The van der Waals surface area contributed by atoms with Crippen LogP contribution in [-0.4, -0.2) is 0 Å². The molecule has 15 heavy (non-hydrogen) atoms. The molecule has 0 aromatic heterocycles. The Labute approximate surface area is 91.5 Å². The fraction of sp³-hybridized carbons (Fsp3) is 0.571. The molecule has 1 aliphatic rings.